The number of nitrogens with zero attached hydrogens (tertiary/aromatic N) is 2. The quantitative estimate of drug-likeness (QED) is 0.545. The Morgan fingerprint density at radius 2 is 2.03 bits per heavy atom. The summed E-state index contributed by atoms with van der Waals surface area (Å²) in [5.74, 6) is 0.0407. The fourth-order valence-electron chi connectivity index (χ4n) is 3.43. The average molecular weight is 447 g/mol. The van der Waals surface area contributed by atoms with Crippen molar-refractivity contribution in [2.75, 3.05) is 57.3 Å². The lowest BCUT2D eigenvalue weighted by Gasteiger charge is -2.14. The van der Waals surface area contributed by atoms with Gasteiger partial charge < -0.3 is 25.0 Å². The Kier molecular flexibility index (Phi) is 8.39. The molecule has 9 heteroatoms. The summed E-state index contributed by atoms with van der Waals surface area (Å²) >= 11 is 1.47. The first-order chi connectivity index (χ1) is 15.0. The number of rotatable bonds is 10. The number of hydrogen-bond acceptors (Lipinski definition) is 7. The summed E-state index contributed by atoms with van der Waals surface area (Å²) in [5.41, 5.74) is 2.16. The van der Waals surface area contributed by atoms with Gasteiger partial charge in [0.15, 0.2) is 5.13 Å². The number of amides is 2. The highest BCUT2D eigenvalue weighted by atomic mass is 32.1. The topological polar surface area (TPSA) is 92.8 Å². The minimum absolute atomic E-state index is 0.267. The van der Waals surface area contributed by atoms with Crippen molar-refractivity contribution in [3.8, 4) is 0 Å². The molecule has 0 bridgehead atoms. The Bertz CT molecular complexity index is 901. The summed E-state index contributed by atoms with van der Waals surface area (Å²) in [6, 6.07) is 5.43. The molecule has 1 saturated heterocycles. The van der Waals surface area contributed by atoms with Crippen LogP contribution in [0.15, 0.2) is 23.6 Å². The fraction of sp³-hybridized carbons (Fsp3) is 0.500. The van der Waals surface area contributed by atoms with Crippen molar-refractivity contribution in [2.45, 2.75) is 19.8 Å². The lowest BCUT2D eigenvalue weighted by atomic mass is 10.1. The first-order valence-corrected chi connectivity index (χ1v) is 11.3. The molecular formula is C22H30N4O4S. The second-order valence-electron chi connectivity index (χ2n) is 7.68. The maximum Gasteiger partial charge on any atom is 0.275 e. The standard InChI is InChI=1S/C22H30N4O4S/c1-15-6-9-26(13-15)22-25-19(14-31-22)21(28)24-18-5-4-16(7-10-29-2)12-17(18)20(27)23-8-11-30-3/h4-5,12,14-15H,6-11,13H2,1-3H3,(H,23,27)(H,24,28)/t15-/m0/s1. The molecule has 0 radical (unpaired) electrons. The van der Waals surface area contributed by atoms with Gasteiger partial charge in [0, 0.05) is 39.2 Å². The zero-order valence-corrected chi connectivity index (χ0v) is 19.1. The van der Waals surface area contributed by atoms with E-state index in [1.165, 1.54) is 11.3 Å². The molecule has 8 nitrogen and oxygen atoms in total. The molecule has 2 N–H and O–H groups in total. The van der Waals surface area contributed by atoms with E-state index in [-0.39, 0.29) is 11.8 Å². The number of nitrogens with one attached hydrogen (secondary N) is 2. The first kappa shape index (κ1) is 23.2. The Balaban J connectivity index is 1.75. The zero-order chi connectivity index (χ0) is 22.2. The molecule has 2 aromatic rings. The molecule has 3 rings (SSSR count). The van der Waals surface area contributed by atoms with Crippen LogP contribution >= 0.6 is 11.3 Å². The summed E-state index contributed by atoms with van der Waals surface area (Å²) in [7, 11) is 3.21. The number of thiazole rings is 1. The van der Waals surface area contributed by atoms with Gasteiger partial charge in [-0.1, -0.05) is 13.0 Å². The lowest BCUT2D eigenvalue weighted by molar-refractivity contribution is 0.0938. The third kappa shape index (κ3) is 6.25. The van der Waals surface area contributed by atoms with E-state index in [4.69, 9.17) is 9.47 Å². The Morgan fingerprint density at radius 1 is 1.23 bits per heavy atom. The van der Waals surface area contributed by atoms with Crippen molar-refractivity contribution in [3.63, 3.8) is 0 Å². The van der Waals surface area contributed by atoms with Crippen molar-refractivity contribution < 1.29 is 19.1 Å². The molecule has 31 heavy (non-hydrogen) atoms. The third-order valence-corrected chi connectivity index (χ3v) is 6.08. The predicted molar refractivity (Wildman–Crippen MR) is 122 cm³/mol. The molecule has 0 saturated carbocycles. The summed E-state index contributed by atoms with van der Waals surface area (Å²) in [6.45, 7) is 5.49. The average Bonchev–Trinajstić information content (AvgIpc) is 3.42. The summed E-state index contributed by atoms with van der Waals surface area (Å²) in [5, 5.41) is 8.30. The highest BCUT2D eigenvalue weighted by Gasteiger charge is 2.23. The van der Waals surface area contributed by atoms with Crippen molar-refractivity contribution in [2.24, 2.45) is 5.92 Å². The normalized spacial score (nSPS) is 15.8. The van der Waals surface area contributed by atoms with Crippen LogP contribution in [0.4, 0.5) is 10.8 Å². The molecule has 2 heterocycles. The van der Waals surface area contributed by atoms with E-state index in [0.717, 1.165) is 30.2 Å². The van der Waals surface area contributed by atoms with Crippen molar-refractivity contribution in [3.05, 3.63) is 40.4 Å². The molecule has 168 valence electrons. The summed E-state index contributed by atoms with van der Waals surface area (Å²) in [4.78, 5) is 32.3. The van der Waals surface area contributed by atoms with Crippen LogP contribution in [0.5, 0.6) is 0 Å². The van der Waals surface area contributed by atoms with Gasteiger partial charge in [-0.15, -0.1) is 11.3 Å². The number of carbonyl (C=O) groups excluding carboxylic acids is 2. The lowest BCUT2D eigenvalue weighted by Crippen LogP contribution is -2.28. The van der Waals surface area contributed by atoms with E-state index >= 15 is 0 Å². The molecule has 1 atom stereocenters. The Morgan fingerprint density at radius 3 is 2.74 bits per heavy atom. The Hall–Kier alpha value is -2.49. The van der Waals surface area contributed by atoms with Gasteiger partial charge in [0.05, 0.1) is 24.5 Å². The van der Waals surface area contributed by atoms with E-state index < -0.39 is 0 Å². The maximum atomic E-state index is 12.8. The molecule has 1 aromatic carbocycles. The van der Waals surface area contributed by atoms with Crippen LogP contribution in [0.1, 0.15) is 39.8 Å². The molecule has 2 amide bonds. The minimum atomic E-state index is -0.328. The summed E-state index contributed by atoms with van der Waals surface area (Å²) in [6.07, 6.45) is 1.81. The largest absolute Gasteiger partial charge is 0.384 e. The highest BCUT2D eigenvalue weighted by molar-refractivity contribution is 7.14. The number of methoxy groups -OCH3 is 2. The molecule has 0 spiro atoms. The van der Waals surface area contributed by atoms with Crippen LogP contribution in [-0.4, -0.2) is 63.9 Å². The van der Waals surface area contributed by atoms with Gasteiger partial charge in [0.25, 0.3) is 11.8 Å². The van der Waals surface area contributed by atoms with Gasteiger partial charge in [0.1, 0.15) is 5.69 Å². The number of benzene rings is 1. The van der Waals surface area contributed by atoms with Gasteiger partial charge in [-0.2, -0.15) is 0 Å². The van der Waals surface area contributed by atoms with Crippen LogP contribution in [-0.2, 0) is 15.9 Å². The number of ether oxygens (including phenoxy) is 2. The van der Waals surface area contributed by atoms with E-state index in [9.17, 15) is 9.59 Å². The fourth-order valence-corrected chi connectivity index (χ4v) is 4.28. The molecule has 1 aromatic heterocycles. The molecule has 0 aliphatic carbocycles. The monoisotopic (exact) mass is 446 g/mol. The number of aromatic nitrogens is 1. The molecule has 1 fully saturated rings. The van der Waals surface area contributed by atoms with Crippen LogP contribution in [0.25, 0.3) is 0 Å². The molecule has 1 aliphatic rings. The third-order valence-electron chi connectivity index (χ3n) is 5.18. The second kappa shape index (κ2) is 11.2. The SMILES string of the molecule is COCCNC(=O)c1cc(CCOC)ccc1NC(=O)c1csc(N2CC[C@H](C)C2)n1. The smallest absolute Gasteiger partial charge is 0.275 e. The van der Waals surface area contributed by atoms with E-state index in [0.29, 0.717) is 49.0 Å². The minimum Gasteiger partial charge on any atom is -0.384 e. The van der Waals surface area contributed by atoms with Gasteiger partial charge in [-0.3, -0.25) is 9.59 Å². The van der Waals surface area contributed by atoms with Crippen molar-refractivity contribution in [1.29, 1.82) is 0 Å². The molecular weight excluding hydrogens is 416 g/mol. The molecule has 1 aliphatic heterocycles. The van der Waals surface area contributed by atoms with Gasteiger partial charge >= 0.3 is 0 Å². The van der Waals surface area contributed by atoms with Crippen LogP contribution in [0.2, 0.25) is 0 Å². The zero-order valence-electron chi connectivity index (χ0n) is 18.3. The maximum absolute atomic E-state index is 12.8. The number of hydrogen-bond donors (Lipinski definition) is 2. The predicted octanol–water partition coefficient (Wildman–Crippen LogP) is 2.81. The number of anilines is 2. The highest BCUT2D eigenvalue weighted by Crippen LogP contribution is 2.27. The van der Waals surface area contributed by atoms with Gasteiger partial charge in [0.2, 0.25) is 0 Å². The Labute approximate surface area is 186 Å². The van der Waals surface area contributed by atoms with Crippen LogP contribution in [0, 0.1) is 5.92 Å². The van der Waals surface area contributed by atoms with E-state index in [1.807, 2.05) is 6.07 Å². The van der Waals surface area contributed by atoms with Crippen LogP contribution < -0.4 is 15.5 Å². The van der Waals surface area contributed by atoms with E-state index in [2.05, 4.69) is 27.4 Å². The molecule has 0 unspecified atom stereocenters. The second-order valence-corrected chi connectivity index (χ2v) is 8.52. The van der Waals surface area contributed by atoms with E-state index in [1.54, 1.807) is 31.7 Å². The van der Waals surface area contributed by atoms with Gasteiger partial charge in [-0.05, 0) is 36.5 Å². The van der Waals surface area contributed by atoms with Crippen LogP contribution in [0.3, 0.4) is 0 Å². The summed E-state index contributed by atoms with van der Waals surface area (Å²) < 4.78 is 10.1. The van der Waals surface area contributed by atoms with Gasteiger partial charge in [-0.25, -0.2) is 4.98 Å². The number of carbonyl (C=O) groups is 2. The van der Waals surface area contributed by atoms with Crippen molar-refractivity contribution >= 4 is 34.0 Å². The van der Waals surface area contributed by atoms with Crippen molar-refractivity contribution in [1.82, 2.24) is 10.3 Å². The first-order valence-electron chi connectivity index (χ1n) is 10.4.